The third-order valence-electron chi connectivity index (χ3n) is 3.71. The molecule has 2 aromatic rings. The molecule has 10 heteroatoms. The van der Waals surface area contributed by atoms with Crippen molar-refractivity contribution < 1.29 is 14.9 Å². The van der Waals surface area contributed by atoms with Crippen LogP contribution in [-0.2, 0) is 4.74 Å². The van der Waals surface area contributed by atoms with Gasteiger partial charge in [0.2, 0.25) is 5.95 Å². The van der Waals surface area contributed by atoms with Crippen LogP contribution in [0.25, 0.3) is 10.3 Å². The number of rotatable bonds is 3. The third-order valence-corrected chi connectivity index (χ3v) is 4.65. The number of fused-ring (bicyclic) bond motifs is 1. The van der Waals surface area contributed by atoms with E-state index in [1.807, 2.05) is 0 Å². The van der Waals surface area contributed by atoms with Gasteiger partial charge in [-0.2, -0.15) is 4.98 Å². The van der Waals surface area contributed by atoms with Gasteiger partial charge in [0.05, 0.1) is 12.2 Å². The van der Waals surface area contributed by atoms with Gasteiger partial charge in [0, 0.05) is 6.42 Å². The van der Waals surface area contributed by atoms with Crippen molar-refractivity contribution in [1.29, 1.82) is 0 Å². The first-order chi connectivity index (χ1) is 10.4. The molecule has 1 fully saturated rings. The summed E-state index contributed by atoms with van der Waals surface area (Å²) in [4.78, 5) is 29.8. The summed E-state index contributed by atoms with van der Waals surface area (Å²) in [5, 5.41) is 20.0. The number of hydrogen-bond acceptors (Lipinski definition) is 8. The van der Waals surface area contributed by atoms with Crippen LogP contribution in [-0.4, -0.2) is 43.1 Å². The molecule has 1 aliphatic heterocycles. The second-order valence-electron chi connectivity index (χ2n) is 5.19. The molecule has 120 valence electrons. The van der Waals surface area contributed by atoms with Crippen molar-refractivity contribution in [3.05, 3.63) is 20.0 Å². The summed E-state index contributed by atoms with van der Waals surface area (Å²) in [5.74, 6) is -0.123. The lowest BCUT2D eigenvalue weighted by molar-refractivity contribution is -0.0752. The standard InChI is InChI=1S/C12H16N4O5S/c1-2-4(17)6-3-5(18)10(21-6)16-8-7(22-12(16)20)9(19)15-11(13)14-8/h4-6,10,17-18H,2-3H2,1H3,(H3,13,14,15,19)/t4-,5+,6?,10+/m0/s1. The summed E-state index contributed by atoms with van der Waals surface area (Å²) in [7, 11) is 0. The van der Waals surface area contributed by atoms with E-state index in [0.717, 1.165) is 4.57 Å². The molecule has 3 heterocycles. The van der Waals surface area contributed by atoms with Gasteiger partial charge in [-0.3, -0.25) is 19.1 Å². The van der Waals surface area contributed by atoms with E-state index in [9.17, 15) is 19.8 Å². The number of anilines is 1. The lowest BCUT2D eigenvalue weighted by Gasteiger charge is -2.18. The van der Waals surface area contributed by atoms with Crippen LogP contribution in [0.4, 0.5) is 5.95 Å². The molecule has 4 atom stereocenters. The summed E-state index contributed by atoms with van der Waals surface area (Å²) in [6.45, 7) is 1.79. The molecule has 0 aliphatic carbocycles. The zero-order valence-electron chi connectivity index (χ0n) is 11.7. The van der Waals surface area contributed by atoms with Crippen molar-refractivity contribution in [3.63, 3.8) is 0 Å². The van der Waals surface area contributed by atoms with Gasteiger partial charge in [0.1, 0.15) is 10.8 Å². The Morgan fingerprint density at radius 1 is 1.59 bits per heavy atom. The van der Waals surface area contributed by atoms with Crippen LogP contribution in [0.1, 0.15) is 26.0 Å². The average Bonchev–Trinajstić information content (AvgIpc) is 2.98. The van der Waals surface area contributed by atoms with E-state index in [1.165, 1.54) is 0 Å². The van der Waals surface area contributed by atoms with E-state index in [4.69, 9.17) is 10.5 Å². The van der Waals surface area contributed by atoms with Gasteiger partial charge < -0.3 is 20.7 Å². The molecular weight excluding hydrogens is 312 g/mol. The topological polar surface area (TPSA) is 143 Å². The van der Waals surface area contributed by atoms with Crippen LogP contribution in [0.15, 0.2) is 9.59 Å². The smallest absolute Gasteiger partial charge is 0.311 e. The maximum absolute atomic E-state index is 12.2. The van der Waals surface area contributed by atoms with Gasteiger partial charge in [-0.25, -0.2) is 0 Å². The summed E-state index contributed by atoms with van der Waals surface area (Å²) < 4.78 is 6.86. The first-order valence-electron chi connectivity index (χ1n) is 6.84. The van der Waals surface area contributed by atoms with E-state index in [1.54, 1.807) is 6.92 Å². The lowest BCUT2D eigenvalue weighted by Crippen LogP contribution is -2.28. The van der Waals surface area contributed by atoms with Gasteiger partial charge in [0.25, 0.3) is 5.56 Å². The average molecular weight is 328 g/mol. The number of ether oxygens (including phenoxy) is 1. The number of aliphatic hydroxyl groups excluding tert-OH is 2. The molecule has 5 N–H and O–H groups in total. The highest BCUT2D eigenvalue weighted by Gasteiger charge is 2.40. The molecule has 3 rings (SSSR count). The van der Waals surface area contributed by atoms with E-state index >= 15 is 0 Å². The van der Waals surface area contributed by atoms with Crippen LogP contribution < -0.4 is 16.2 Å². The highest BCUT2D eigenvalue weighted by Crippen LogP contribution is 2.32. The fourth-order valence-corrected chi connectivity index (χ4v) is 3.44. The fourth-order valence-electron chi connectivity index (χ4n) is 2.59. The summed E-state index contributed by atoms with van der Waals surface area (Å²) >= 11 is 0.710. The molecule has 0 bridgehead atoms. The number of H-pyrrole nitrogens is 1. The van der Waals surface area contributed by atoms with Crippen molar-refractivity contribution in [2.24, 2.45) is 0 Å². The highest BCUT2D eigenvalue weighted by molar-refractivity contribution is 7.16. The van der Waals surface area contributed by atoms with Crippen LogP contribution in [0.5, 0.6) is 0 Å². The minimum absolute atomic E-state index is 0.0759. The number of thiazole rings is 1. The Morgan fingerprint density at radius 3 is 3.00 bits per heavy atom. The SMILES string of the molecule is CC[C@H](O)C1C[C@@H](O)[C@H](n2c(=O)sc3c(=O)[nH]c(N)nc32)O1. The number of hydrogen-bond donors (Lipinski definition) is 4. The normalized spacial score (nSPS) is 26.6. The zero-order valence-corrected chi connectivity index (χ0v) is 12.5. The molecule has 2 aromatic heterocycles. The first-order valence-corrected chi connectivity index (χ1v) is 7.66. The van der Waals surface area contributed by atoms with E-state index in [2.05, 4.69) is 9.97 Å². The molecule has 22 heavy (non-hydrogen) atoms. The number of aliphatic hydroxyl groups is 2. The Hall–Kier alpha value is -1.75. The van der Waals surface area contributed by atoms with Crippen molar-refractivity contribution in [2.75, 3.05) is 5.73 Å². The van der Waals surface area contributed by atoms with Crippen LogP contribution in [0.2, 0.25) is 0 Å². The lowest BCUT2D eigenvalue weighted by atomic mass is 10.1. The minimum atomic E-state index is -0.999. The zero-order chi connectivity index (χ0) is 16.0. The van der Waals surface area contributed by atoms with Crippen LogP contribution >= 0.6 is 11.3 Å². The molecule has 1 unspecified atom stereocenters. The Morgan fingerprint density at radius 2 is 2.32 bits per heavy atom. The van der Waals surface area contributed by atoms with Gasteiger partial charge >= 0.3 is 4.87 Å². The molecule has 9 nitrogen and oxygen atoms in total. The van der Waals surface area contributed by atoms with Gasteiger partial charge in [-0.1, -0.05) is 18.3 Å². The summed E-state index contributed by atoms with van der Waals surface area (Å²) in [6, 6.07) is 0. The van der Waals surface area contributed by atoms with E-state index < -0.39 is 35.0 Å². The molecule has 1 aliphatic rings. The number of nitrogen functional groups attached to an aromatic ring is 1. The number of aromatic nitrogens is 3. The van der Waals surface area contributed by atoms with Crippen molar-refractivity contribution in [1.82, 2.24) is 14.5 Å². The quantitative estimate of drug-likeness (QED) is 0.574. The van der Waals surface area contributed by atoms with Crippen molar-refractivity contribution >= 4 is 27.6 Å². The number of aromatic amines is 1. The Balaban J connectivity index is 2.09. The highest BCUT2D eigenvalue weighted by atomic mass is 32.1. The predicted molar refractivity (Wildman–Crippen MR) is 79.7 cm³/mol. The van der Waals surface area contributed by atoms with E-state index in [-0.39, 0.29) is 22.7 Å². The monoisotopic (exact) mass is 328 g/mol. The van der Waals surface area contributed by atoms with Crippen LogP contribution in [0, 0.1) is 0 Å². The molecule has 0 radical (unpaired) electrons. The third kappa shape index (κ3) is 2.33. The van der Waals surface area contributed by atoms with Crippen molar-refractivity contribution in [2.45, 2.75) is 44.3 Å². The fraction of sp³-hybridized carbons (Fsp3) is 0.583. The van der Waals surface area contributed by atoms with Crippen LogP contribution in [0.3, 0.4) is 0 Å². The van der Waals surface area contributed by atoms with Gasteiger partial charge in [0.15, 0.2) is 11.9 Å². The van der Waals surface area contributed by atoms with Gasteiger partial charge in [-0.15, -0.1) is 0 Å². The molecule has 0 amide bonds. The van der Waals surface area contributed by atoms with Crippen molar-refractivity contribution in [3.8, 4) is 0 Å². The van der Waals surface area contributed by atoms with E-state index in [0.29, 0.717) is 17.8 Å². The molecule has 0 aromatic carbocycles. The number of nitrogens with zero attached hydrogens (tertiary/aromatic N) is 2. The number of nitrogens with one attached hydrogen (secondary N) is 1. The maximum Gasteiger partial charge on any atom is 0.311 e. The summed E-state index contributed by atoms with van der Waals surface area (Å²) in [6.07, 6.45) is -2.63. The largest absolute Gasteiger partial charge is 0.390 e. The second kappa shape index (κ2) is 5.47. The molecule has 1 saturated heterocycles. The Bertz CT molecular complexity index is 812. The summed E-state index contributed by atoms with van der Waals surface area (Å²) in [5.41, 5.74) is 5.08. The number of nitrogens with two attached hydrogens (primary N) is 1. The molecule has 0 spiro atoms. The Labute approximate surface area is 128 Å². The maximum atomic E-state index is 12.2. The second-order valence-corrected chi connectivity index (χ2v) is 6.15. The minimum Gasteiger partial charge on any atom is -0.390 e. The molecular formula is C12H16N4O5S. The molecule has 0 saturated carbocycles. The Kier molecular flexibility index (Phi) is 3.77. The first kappa shape index (κ1) is 15.2. The van der Waals surface area contributed by atoms with Gasteiger partial charge in [-0.05, 0) is 6.42 Å². The predicted octanol–water partition coefficient (Wildman–Crippen LogP) is -0.852.